The lowest BCUT2D eigenvalue weighted by molar-refractivity contribution is 0.0968. The summed E-state index contributed by atoms with van der Waals surface area (Å²) in [4.78, 5) is 10.6. The fourth-order valence-corrected chi connectivity index (χ4v) is 0.871. The van der Waals surface area contributed by atoms with Gasteiger partial charge in [0.15, 0.2) is 5.76 Å². The number of aliphatic hydroxyl groups is 1. The number of primary amides is 1. The Bertz CT molecular complexity index is 277. The van der Waals surface area contributed by atoms with E-state index in [9.17, 15) is 4.79 Å². The molecule has 0 spiro atoms. The van der Waals surface area contributed by atoms with Crippen LogP contribution < -0.4 is 5.73 Å². The van der Waals surface area contributed by atoms with Crippen LogP contribution in [0.1, 0.15) is 21.9 Å². The lowest BCUT2D eigenvalue weighted by Gasteiger charge is -1.88. The van der Waals surface area contributed by atoms with E-state index in [2.05, 4.69) is 0 Å². The van der Waals surface area contributed by atoms with Crippen molar-refractivity contribution in [1.82, 2.24) is 0 Å². The predicted octanol–water partition coefficient (Wildman–Crippen LogP) is 0.179. The average molecular weight is 155 g/mol. The van der Waals surface area contributed by atoms with Crippen molar-refractivity contribution in [2.75, 3.05) is 0 Å². The number of furan rings is 1. The molecule has 1 aromatic rings. The molecule has 4 heteroatoms. The van der Waals surface area contributed by atoms with Crippen LogP contribution in [-0.4, -0.2) is 11.0 Å². The van der Waals surface area contributed by atoms with Crippen LogP contribution in [0, 0.1) is 6.92 Å². The van der Waals surface area contributed by atoms with Gasteiger partial charge in [-0.3, -0.25) is 4.79 Å². The minimum Gasteiger partial charge on any atom is -0.453 e. The molecule has 0 aromatic carbocycles. The van der Waals surface area contributed by atoms with Crippen molar-refractivity contribution in [1.29, 1.82) is 0 Å². The highest BCUT2D eigenvalue weighted by Crippen LogP contribution is 2.13. The van der Waals surface area contributed by atoms with E-state index in [-0.39, 0.29) is 12.4 Å². The number of nitrogens with two attached hydrogens (primary N) is 1. The second-order valence-corrected chi connectivity index (χ2v) is 2.25. The van der Waals surface area contributed by atoms with E-state index in [0.717, 1.165) is 0 Å². The first-order chi connectivity index (χ1) is 5.15. The van der Waals surface area contributed by atoms with Crippen molar-refractivity contribution in [3.05, 3.63) is 23.2 Å². The number of aliphatic hydroxyl groups excluding tert-OH is 1. The summed E-state index contributed by atoms with van der Waals surface area (Å²) in [7, 11) is 0. The summed E-state index contributed by atoms with van der Waals surface area (Å²) in [6, 6.07) is 1.58. The summed E-state index contributed by atoms with van der Waals surface area (Å²) in [5.41, 5.74) is 5.62. The highest BCUT2D eigenvalue weighted by Gasteiger charge is 2.11. The van der Waals surface area contributed by atoms with Gasteiger partial charge in [0.2, 0.25) is 0 Å². The third kappa shape index (κ3) is 1.40. The van der Waals surface area contributed by atoms with Crippen molar-refractivity contribution >= 4 is 5.91 Å². The van der Waals surface area contributed by atoms with Gasteiger partial charge in [-0.15, -0.1) is 0 Å². The summed E-state index contributed by atoms with van der Waals surface area (Å²) in [6.45, 7) is 1.48. The van der Waals surface area contributed by atoms with Gasteiger partial charge < -0.3 is 15.3 Å². The molecular formula is C7H9NO3. The summed E-state index contributed by atoms with van der Waals surface area (Å²) in [5, 5.41) is 8.61. The van der Waals surface area contributed by atoms with Crippen molar-refractivity contribution < 1.29 is 14.3 Å². The number of hydrogen-bond donors (Lipinski definition) is 2. The maximum absolute atomic E-state index is 10.6. The number of rotatable bonds is 2. The van der Waals surface area contributed by atoms with Crippen LogP contribution in [0.2, 0.25) is 0 Å². The summed E-state index contributed by atoms with van der Waals surface area (Å²) in [6.07, 6.45) is 0. The Morgan fingerprint density at radius 1 is 1.82 bits per heavy atom. The van der Waals surface area contributed by atoms with Gasteiger partial charge in [-0.2, -0.15) is 0 Å². The lowest BCUT2D eigenvalue weighted by Crippen LogP contribution is -2.10. The molecule has 0 aliphatic carbocycles. The molecule has 0 fully saturated rings. The lowest BCUT2D eigenvalue weighted by atomic mass is 10.2. The van der Waals surface area contributed by atoms with E-state index in [1.165, 1.54) is 0 Å². The molecule has 3 N–H and O–H groups in total. The van der Waals surface area contributed by atoms with Gasteiger partial charge in [-0.25, -0.2) is 0 Å². The van der Waals surface area contributed by atoms with Gasteiger partial charge in [-0.1, -0.05) is 0 Å². The number of aryl methyl sites for hydroxylation is 1. The molecular weight excluding hydrogens is 146 g/mol. The topological polar surface area (TPSA) is 76.5 Å². The Morgan fingerprint density at radius 3 is 2.73 bits per heavy atom. The van der Waals surface area contributed by atoms with E-state index < -0.39 is 5.91 Å². The zero-order valence-corrected chi connectivity index (χ0v) is 6.13. The second-order valence-electron chi connectivity index (χ2n) is 2.25. The Morgan fingerprint density at radius 2 is 2.45 bits per heavy atom. The minimum atomic E-state index is -0.609. The van der Waals surface area contributed by atoms with Crippen LogP contribution in [-0.2, 0) is 6.61 Å². The first-order valence-corrected chi connectivity index (χ1v) is 3.15. The molecule has 1 aromatic heterocycles. The Balaban J connectivity index is 3.07. The monoisotopic (exact) mass is 155 g/mol. The molecule has 1 heterocycles. The SMILES string of the molecule is Cc1cc(CO)oc1C(N)=O. The molecule has 0 aliphatic rings. The maximum Gasteiger partial charge on any atom is 0.284 e. The second kappa shape index (κ2) is 2.75. The number of carbonyl (C=O) groups excluding carboxylic acids is 1. The molecule has 60 valence electrons. The minimum absolute atomic E-state index is 0.119. The molecule has 0 atom stereocenters. The Hall–Kier alpha value is -1.29. The molecule has 11 heavy (non-hydrogen) atoms. The highest BCUT2D eigenvalue weighted by atomic mass is 16.4. The van der Waals surface area contributed by atoms with Crippen LogP contribution >= 0.6 is 0 Å². The summed E-state index contributed by atoms with van der Waals surface area (Å²) >= 11 is 0. The van der Waals surface area contributed by atoms with Gasteiger partial charge in [0.1, 0.15) is 12.4 Å². The van der Waals surface area contributed by atoms with Crippen molar-refractivity contribution in [2.45, 2.75) is 13.5 Å². The van der Waals surface area contributed by atoms with Crippen LogP contribution in [0.5, 0.6) is 0 Å². The van der Waals surface area contributed by atoms with E-state index in [0.29, 0.717) is 11.3 Å². The van der Waals surface area contributed by atoms with Gasteiger partial charge in [0.05, 0.1) is 0 Å². The van der Waals surface area contributed by atoms with Gasteiger partial charge in [0, 0.05) is 5.56 Å². The smallest absolute Gasteiger partial charge is 0.284 e. The van der Waals surface area contributed by atoms with Crippen molar-refractivity contribution in [3.8, 4) is 0 Å². The molecule has 1 amide bonds. The third-order valence-electron chi connectivity index (χ3n) is 1.35. The first-order valence-electron chi connectivity index (χ1n) is 3.15. The van der Waals surface area contributed by atoms with Gasteiger partial charge >= 0.3 is 0 Å². The molecule has 0 unspecified atom stereocenters. The van der Waals surface area contributed by atoms with Crippen molar-refractivity contribution in [2.24, 2.45) is 5.73 Å². The number of hydrogen-bond acceptors (Lipinski definition) is 3. The van der Waals surface area contributed by atoms with Crippen LogP contribution in [0.15, 0.2) is 10.5 Å². The van der Waals surface area contributed by atoms with Crippen LogP contribution in [0.4, 0.5) is 0 Å². The summed E-state index contributed by atoms with van der Waals surface area (Å²) < 4.78 is 4.90. The fraction of sp³-hybridized carbons (Fsp3) is 0.286. The molecule has 0 aliphatic heterocycles. The van der Waals surface area contributed by atoms with E-state index >= 15 is 0 Å². The molecule has 1 rings (SSSR count). The predicted molar refractivity (Wildman–Crippen MR) is 37.9 cm³/mol. The summed E-state index contributed by atoms with van der Waals surface area (Å²) in [5.74, 6) is -0.132. The molecule has 4 nitrogen and oxygen atoms in total. The first kappa shape index (κ1) is 7.81. The van der Waals surface area contributed by atoms with E-state index in [4.69, 9.17) is 15.3 Å². The van der Waals surface area contributed by atoms with Gasteiger partial charge in [0.25, 0.3) is 5.91 Å². The van der Waals surface area contributed by atoms with E-state index in [1.807, 2.05) is 0 Å². The maximum atomic E-state index is 10.6. The Labute approximate surface area is 63.6 Å². The largest absolute Gasteiger partial charge is 0.453 e. The normalized spacial score (nSPS) is 10.0. The van der Waals surface area contributed by atoms with Crippen LogP contribution in [0.3, 0.4) is 0 Å². The average Bonchev–Trinajstić information content (AvgIpc) is 2.30. The fourth-order valence-electron chi connectivity index (χ4n) is 0.871. The molecule has 0 saturated carbocycles. The quantitative estimate of drug-likeness (QED) is 0.639. The van der Waals surface area contributed by atoms with Crippen molar-refractivity contribution in [3.63, 3.8) is 0 Å². The number of amides is 1. The van der Waals surface area contributed by atoms with Crippen LogP contribution in [0.25, 0.3) is 0 Å². The number of carbonyl (C=O) groups is 1. The zero-order valence-electron chi connectivity index (χ0n) is 6.13. The third-order valence-corrected chi connectivity index (χ3v) is 1.35. The van der Waals surface area contributed by atoms with Gasteiger partial charge in [-0.05, 0) is 13.0 Å². The highest BCUT2D eigenvalue weighted by molar-refractivity contribution is 5.91. The molecule has 0 bridgehead atoms. The van der Waals surface area contributed by atoms with E-state index in [1.54, 1.807) is 13.0 Å². The Kier molecular flexibility index (Phi) is 1.96. The standard InChI is InChI=1S/C7H9NO3/c1-4-2-5(3-9)11-6(4)7(8)10/h2,9H,3H2,1H3,(H2,8,10). The zero-order chi connectivity index (χ0) is 8.43. The molecule has 0 radical (unpaired) electrons. The molecule has 0 saturated heterocycles.